The number of pyridine rings is 2. The Bertz CT molecular complexity index is 714. The minimum absolute atomic E-state index is 1.23. The molecule has 0 saturated carbocycles. The van der Waals surface area contributed by atoms with Gasteiger partial charge in [-0.25, -0.2) is 0 Å². The highest BCUT2D eigenvalue weighted by molar-refractivity contribution is 7.16. The van der Waals surface area contributed by atoms with Crippen molar-refractivity contribution in [2.24, 2.45) is 0 Å². The largest absolute Gasteiger partial charge is 0.268 e. The van der Waals surface area contributed by atoms with Crippen LogP contribution in [0.25, 0.3) is 16.0 Å². The molecule has 3 heteroatoms. The lowest BCUT2D eigenvalue weighted by molar-refractivity contribution is -0.515. The molecule has 90 valence electrons. The van der Waals surface area contributed by atoms with Crippen molar-refractivity contribution in [3.63, 3.8) is 0 Å². The van der Waals surface area contributed by atoms with E-state index in [2.05, 4.69) is 54.6 Å². The van der Waals surface area contributed by atoms with Crippen LogP contribution >= 0.6 is 11.3 Å². The van der Waals surface area contributed by atoms with Gasteiger partial charge in [-0.2, -0.15) is 4.40 Å². The van der Waals surface area contributed by atoms with Crippen LogP contribution < -0.4 is 4.40 Å². The van der Waals surface area contributed by atoms with Crippen LogP contribution in [0.1, 0.15) is 16.1 Å². The summed E-state index contributed by atoms with van der Waals surface area (Å²) < 4.78 is 2.28. The van der Waals surface area contributed by atoms with E-state index < -0.39 is 0 Å². The van der Waals surface area contributed by atoms with Crippen LogP contribution in [0.5, 0.6) is 0 Å². The molecule has 0 atom stereocenters. The van der Waals surface area contributed by atoms with Crippen molar-refractivity contribution in [2.75, 3.05) is 0 Å². The highest BCUT2D eigenvalue weighted by atomic mass is 32.1. The standard InChI is InChI=1S/C15H15N2S/c1-10-9-17-11(2)12(3)18-15(17)8-14(10)13-4-6-16-7-5-13/h4-9H,1-3H3/q+1. The van der Waals surface area contributed by atoms with Gasteiger partial charge in [-0.1, -0.05) is 11.3 Å². The van der Waals surface area contributed by atoms with Crippen LogP contribution in [0, 0.1) is 20.8 Å². The van der Waals surface area contributed by atoms with Gasteiger partial charge in [0.15, 0.2) is 11.9 Å². The van der Waals surface area contributed by atoms with Crippen molar-refractivity contribution in [3.8, 4) is 11.1 Å². The molecule has 0 aliphatic carbocycles. The molecule has 0 fully saturated rings. The molecule has 0 aliphatic rings. The second-order valence-corrected chi connectivity index (χ2v) is 5.79. The number of rotatable bonds is 1. The Kier molecular flexibility index (Phi) is 2.63. The maximum Gasteiger partial charge on any atom is 0.268 e. The lowest BCUT2D eigenvalue weighted by atomic mass is 10.0. The van der Waals surface area contributed by atoms with Crippen molar-refractivity contribution in [3.05, 3.63) is 52.9 Å². The van der Waals surface area contributed by atoms with E-state index in [1.807, 2.05) is 23.7 Å². The van der Waals surface area contributed by atoms with E-state index in [9.17, 15) is 0 Å². The number of hydrogen-bond donors (Lipinski definition) is 0. The summed E-state index contributed by atoms with van der Waals surface area (Å²) in [7, 11) is 0. The number of thiazole rings is 1. The lowest BCUT2D eigenvalue weighted by Crippen LogP contribution is -2.22. The molecule has 3 aromatic rings. The third-order valence-electron chi connectivity index (χ3n) is 3.37. The molecule has 0 saturated heterocycles. The van der Waals surface area contributed by atoms with Crippen LogP contribution in [-0.4, -0.2) is 4.98 Å². The number of nitrogens with zero attached hydrogens (tertiary/aromatic N) is 2. The highest BCUT2D eigenvalue weighted by Gasteiger charge is 2.16. The maximum atomic E-state index is 4.08. The summed E-state index contributed by atoms with van der Waals surface area (Å²) >= 11 is 1.84. The Balaban J connectivity index is 2.29. The molecule has 2 nitrogen and oxygen atoms in total. The fourth-order valence-corrected chi connectivity index (χ4v) is 3.24. The molecule has 0 amide bonds. The smallest absolute Gasteiger partial charge is 0.265 e. The molecular weight excluding hydrogens is 240 g/mol. The van der Waals surface area contributed by atoms with Gasteiger partial charge in [-0.3, -0.25) is 4.98 Å². The number of hydrogen-bond acceptors (Lipinski definition) is 2. The van der Waals surface area contributed by atoms with Crippen LogP contribution in [0.4, 0.5) is 0 Å². The molecule has 0 bridgehead atoms. The minimum Gasteiger partial charge on any atom is -0.265 e. The molecule has 18 heavy (non-hydrogen) atoms. The highest BCUT2D eigenvalue weighted by Crippen LogP contribution is 2.26. The van der Waals surface area contributed by atoms with Crippen LogP contribution in [0.3, 0.4) is 0 Å². The van der Waals surface area contributed by atoms with Crippen molar-refractivity contribution in [2.45, 2.75) is 20.8 Å². The zero-order chi connectivity index (χ0) is 12.7. The van der Waals surface area contributed by atoms with E-state index in [4.69, 9.17) is 0 Å². The third kappa shape index (κ3) is 1.71. The molecule has 0 N–H and O–H groups in total. The van der Waals surface area contributed by atoms with Gasteiger partial charge in [0.05, 0.1) is 4.88 Å². The van der Waals surface area contributed by atoms with Crippen molar-refractivity contribution in [1.82, 2.24) is 4.98 Å². The topological polar surface area (TPSA) is 17.0 Å². The van der Waals surface area contributed by atoms with Gasteiger partial charge in [0.25, 0.3) is 4.83 Å². The van der Waals surface area contributed by atoms with Crippen LogP contribution in [0.15, 0.2) is 36.8 Å². The van der Waals surface area contributed by atoms with Crippen LogP contribution in [-0.2, 0) is 0 Å². The Labute approximate surface area is 111 Å². The summed E-state index contributed by atoms with van der Waals surface area (Å²) in [5.41, 5.74) is 5.14. The zero-order valence-electron chi connectivity index (χ0n) is 10.8. The van der Waals surface area contributed by atoms with E-state index in [-0.39, 0.29) is 0 Å². The first kappa shape index (κ1) is 11.4. The monoisotopic (exact) mass is 255 g/mol. The summed E-state index contributed by atoms with van der Waals surface area (Å²) in [5.74, 6) is 0. The maximum absolute atomic E-state index is 4.08. The molecule has 0 aliphatic heterocycles. The second-order valence-electron chi connectivity index (χ2n) is 4.56. The van der Waals surface area contributed by atoms with Gasteiger partial charge >= 0.3 is 0 Å². The third-order valence-corrected chi connectivity index (χ3v) is 4.50. The Morgan fingerprint density at radius 1 is 1.11 bits per heavy atom. The van der Waals surface area contributed by atoms with Crippen molar-refractivity contribution in [1.29, 1.82) is 0 Å². The average molecular weight is 255 g/mol. The van der Waals surface area contributed by atoms with Crippen molar-refractivity contribution < 1.29 is 4.40 Å². The summed E-state index contributed by atoms with van der Waals surface area (Å²) in [6.07, 6.45) is 5.91. The minimum atomic E-state index is 1.23. The average Bonchev–Trinajstić information content (AvgIpc) is 2.66. The van der Waals surface area contributed by atoms with Gasteiger partial charge in [0, 0.05) is 30.9 Å². The molecule has 0 radical (unpaired) electrons. The molecule has 3 rings (SSSR count). The van der Waals surface area contributed by atoms with Gasteiger partial charge in [0.1, 0.15) is 0 Å². The SMILES string of the molecule is Cc1c[n+]2c(C)c(C)sc2cc1-c1ccncc1. The first-order valence-electron chi connectivity index (χ1n) is 5.99. The van der Waals surface area contributed by atoms with Crippen LogP contribution in [0.2, 0.25) is 0 Å². The molecule has 3 heterocycles. The Hall–Kier alpha value is -1.74. The van der Waals surface area contributed by atoms with E-state index in [0.29, 0.717) is 0 Å². The number of aromatic nitrogens is 2. The normalized spacial score (nSPS) is 11.1. The molecular formula is C15H15N2S+. The van der Waals surface area contributed by atoms with Gasteiger partial charge < -0.3 is 0 Å². The quantitative estimate of drug-likeness (QED) is 0.608. The lowest BCUT2D eigenvalue weighted by Gasteiger charge is -2.02. The first-order chi connectivity index (χ1) is 8.66. The van der Waals surface area contributed by atoms with Gasteiger partial charge in [-0.05, 0) is 37.1 Å². The summed E-state index contributed by atoms with van der Waals surface area (Å²) in [6.45, 7) is 6.51. The van der Waals surface area contributed by atoms with Gasteiger partial charge in [0.2, 0.25) is 0 Å². The molecule has 0 aromatic carbocycles. The Morgan fingerprint density at radius 2 is 1.83 bits per heavy atom. The number of aryl methyl sites for hydroxylation is 3. The predicted octanol–water partition coefficient (Wildman–Crippen LogP) is 3.47. The Morgan fingerprint density at radius 3 is 2.56 bits per heavy atom. The fraction of sp³-hybridized carbons (Fsp3) is 0.200. The number of fused-ring (bicyclic) bond motifs is 1. The molecule has 0 unspecified atom stereocenters. The second kappa shape index (κ2) is 4.18. The van der Waals surface area contributed by atoms with E-state index in [1.165, 1.54) is 32.1 Å². The molecule has 0 spiro atoms. The summed E-state index contributed by atoms with van der Waals surface area (Å²) in [4.78, 5) is 6.75. The first-order valence-corrected chi connectivity index (χ1v) is 6.81. The van der Waals surface area contributed by atoms with E-state index in [1.54, 1.807) is 0 Å². The zero-order valence-corrected chi connectivity index (χ0v) is 11.6. The van der Waals surface area contributed by atoms with E-state index >= 15 is 0 Å². The van der Waals surface area contributed by atoms with E-state index in [0.717, 1.165) is 0 Å². The predicted molar refractivity (Wildman–Crippen MR) is 74.9 cm³/mol. The van der Waals surface area contributed by atoms with Gasteiger partial charge in [-0.15, -0.1) is 0 Å². The summed E-state index contributed by atoms with van der Waals surface area (Å²) in [5, 5.41) is 0. The fourth-order valence-electron chi connectivity index (χ4n) is 2.22. The summed E-state index contributed by atoms with van der Waals surface area (Å²) in [6, 6.07) is 6.40. The van der Waals surface area contributed by atoms with Crippen molar-refractivity contribution >= 4 is 16.2 Å². The molecule has 3 aromatic heterocycles.